The fourth-order valence-electron chi connectivity index (χ4n) is 1.35. The van der Waals surface area contributed by atoms with E-state index in [1.54, 1.807) is 0 Å². The molecule has 0 heterocycles. The first kappa shape index (κ1) is 14.0. The summed E-state index contributed by atoms with van der Waals surface area (Å²) >= 11 is 0. The number of nitrogens with one attached hydrogen (secondary N) is 1. The highest BCUT2D eigenvalue weighted by atomic mass is 32.2. The van der Waals surface area contributed by atoms with Gasteiger partial charge in [-0.15, -0.1) is 0 Å². The first-order chi connectivity index (χ1) is 8.28. The molecule has 8 nitrogen and oxygen atoms in total. The second-order valence-corrected chi connectivity index (χ2v) is 5.11. The van der Waals surface area contributed by atoms with E-state index >= 15 is 0 Å². The summed E-state index contributed by atoms with van der Waals surface area (Å²) < 4.78 is 34.1. The number of hydrogen-bond acceptors (Lipinski definition) is 6. The number of nitro groups is 1. The van der Waals surface area contributed by atoms with Crippen LogP contribution in [0.4, 0.5) is 11.4 Å². The van der Waals surface area contributed by atoms with Gasteiger partial charge in [0, 0.05) is 12.1 Å². The molecule has 0 aliphatic carbocycles. The Bertz CT molecular complexity index is 543. The lowest BCUT2D eigenvalue weighted by Crippen LogP contribution is -2.10. The van der Waals surface area contributed by atoms with Crippen molar-refractivity contribution in [3.63, 3.8) is 0 Å². The summed E-state index contributed by atoms with van der Waals surface area (Å²) in [5.74, 6) is -0.184. The summed E-state index contributed by atoms with van der Waals surface area (Å²) in [5, 5.41) is 10.9. The highest BCUT2D eigenvalue weighted by Crippen LogP contribution is 2.39. The molecule has 0 bridgehead atoms. The minimum atomic E-state index is -3.49. The quantitative estimate of drug-likeness (QED) is 0.634. The van der Waals surface area contributed by atoms with Gasteiger partial charge in [0.05, 0.1) is 31.1 Å². The number of nitrogens with zero attached hydrogens (tertiary/aromatic N) is 1. The zero-order valence-corrected chi connectivity index (χ0v) is 10.8. The van der Waals surface area contributed by atoms with E-state index in [1.807, 2.05) is 0 Å². The normalized spacial score (nSPS) is 10.8. The molecule has 1 rings (SSSR count). The summed E-state index contributed by atoms with van der Waals surface area (Å²) in [6.45, 7) is 0. The van der Waals surface area contributed by atoms with E-state index in [2.05, 4.69) is 4.72 Å². The summed E-state index contributed by atoms with van der Waals surface area (Å²) in [4.78, 5) is 10.2. The zero-order valence-electron chi connectivity index (χ0n) is 9.96. The molecule has 1 aromatic carbocycles. The molecule has 0 aromatic heterocycles. The molecule has 100 valence electrons. The number of sulfonamides is 1. The average molecular weight is 276 g/mol. The summed E-state index contributed by atoms with van der Waals surface area (Å²) in [7, 11) is -1.01. The number of methoxy groups -OCH3 is 2. The standard InChI is InChI=1S/C9H12N2O6S/c1-16-7-4-6(10-18(3,14)15)5-8(17-2)9(7)11(12)13/h4-5,10H,1-3H3. The Labute approximate surface area is 104 Å². The maximum Gasteiger partial charge on any atom is 0.352 e. The Kier molecular flexibility index (Phi) is 3.96. The van der Waals surface area contributed by atoms with Crippen LogP contribution in [0.1, 0.15) is 0 Å². The van der Waals surface area contributed by atoms with Crippen molar-refractivity contribution in [2.24, 2.45) is 0 Å². The smallest absolute Gasteiger partial charge is 0.352 e. The predicted octanol–water partition coefficient (Wildman–Crippen LogP) is 0.983. The largest absolute Gasteiger partial charge is 0.490 e. The fraction of sp³-hybridized carbons (Fsp3) is 0.333. The monoisotopic (exact) mass is 276 g/mol. The topological polar surface area (TPSA) is 108 Å². The van der Waals surface area contributed by atoms with Gasteiger partial charge >= 0.3 is 5.69 Å². The number of rotatable bonds is 5. The van der Waals surface area contributed by atoms with E-state index in [1.165, 1.54) is 26.4 Å². The Morgan fingerprint density at radius 2 is 1.67 bits per heavy atom. The Morgan fingerprint density at radius 3 is 1.94 bits per heavy atom. The van der Waals surface area contributed by atoms with Crippen molar-refractivity contribution >= 4 is 21.4 Å². The Morgan fingerprint density at radius 1 is 1.22 bits per heavy atom. The molecule has 1 aromatic rings. The first-order valence-corrected chi connectivity index (χ1v) is 6.56. The van der Waals surface area contributed by atoms with Gasteiger partial charge in [0.15, 0.2) is 0 Å². The van der Waals surface area contributed by atoms with Gasteiger partial charge in [-0.2, -0.15) is 0 Å². The molecule has 0 saturated carbocycles. The van der Waals surface area contributed by atoms with Crippen LogP contribution < -0.4 is 14.2 Å². The summed E-state index contributed by atoms with van der Waals surface area (Å²) in [5.41, 5.74) is -0.240. The molecule has 0 radical (unpaired) electrons. The van der Waals surface area contributed by atoms with Crippen LogP contribution in [0, 0.1) is 10.1 Å². The maximum atomic E-state index is 11.1. The molecular formula is C9H12N2O6S. The van der Waals surface area contributed by atoms with E-state index in [0.29, 0.717) is 0 Å². The molecule has 1 N–H and O–H groups in total. The minimum absolute atomic E-state index is 0.0921. The van der Waals surface area contributed by atoms with Crippen molar-refractivity contribution in [2.75, 3.05) is 25.2 Å². The molecule has 0 atom stereocenters. The highest BCUT2D eigenvalue weighted by molar-refractivity contribution is 7.92. The summed E-state index contributed by atoms with van der Waals surface area (Å²) in [6.07, 6.45) is 0.966. The maximum absolute atomic E-state index is 11.1. The second-order valence-electron chi connectivity index (χ2n) is 3.36. The van der Waals surface area contributed by atoms with Gasteiger partial charge < -0.3 is 9.47 Å². The third-order valence-corrected chi connectivity index (χ3v) is 2.57. The van der Waals surface area contributed by atoms with E-state index in [0.717, 1.165) is 6.26 Å². The van der Waals surface area contributed by atoms with Crippen LogP contribution in [-0.4, -0.2) is 33.8 Å². The molecule has 0 amide bonds. The van der Waals surface area contributed by atoms with Gasteiger partial charge in [0.1, 0.15) is 0 Å². The van der Waals surface area contributed by atoms with Crippen LogP contribution in [0.5, 0.6) is 11.5 Å². The first-order valence-electron chi connectivity index (χ1n) is 4.66. The van der Waals surface area contributed by atoms with Gasteiger partial charge in [0.2, 0.25) is 21.5 Å². The Hall–Kier alpha value is -2.03. The molecule has 0 spiro atoms. The van der Waals surface area contributed by atoms with Gasteiger partial charge in [-0.1, -0.05) is 0 Å². The average Bonchev–Trinajstić information content (AvgIpc) is 2.24. The molecule has 18 heavy (non-hydrogen) atoms. The van der Waals surface area contributed by atoms with Crippen molar-refractivity contribution < 1.29 is 22.8 Å². The SMILES string of the molecule is COc1cc(NS(C)(=O)=O)cc(OC)c1[N+](=O)[O-]. The van der Waals surface area contributed by atoms with E-state index in [4.69, 9.17) is 9.47 Å². The molecular weight excluding hydrogens is 264 g/mol. The molecule has 0 aliphatic rings. The van der Waals surface area contributed by atoms with Crippen molar-refractivity contribution in [1.29, 1.82) is 0 Å². The number of ether oxygens (including phenoxy) is 2. The van der Waals surface area contributed by atoms with Crippen molar-refractivity contribution in [2.45, 2.75) is 0 Å². The van der Waals surface area contributed by atoms with Gasteiger partial charge in [0.25, 0.3) is 0 Å². The lowest BCUT2D eigenvalue weighted by molar-refractivity contribution is -0.386. The lowest BCUT2D eigenvalue weighted by Gasteiger charge is -2.10. The van der Waals surface area contributed by atoms with Gasteiger partial charge in [-0.25, -0.2) is 8.42 Å². The van der Waals surface area contributed by atoms with Gasteiger partial charge in [-0.3, -0.25) is 14.8 Å². The third-order valence-electron chi connectivity index (χ3n) is 1.97. The van der Waals surface area contributed by atoms with E-state index in [9.17, 15) is 18.5 Å². The predicted molar refractivity (Wildman–Crippen MR) is 64.7 cm³/mol. The van der Waals surface area contributed by atoms with Crippen LogP contribution in [0.3, 0.4) is 0 Å². The summed E-state index contributed by atoms with van der Waals surface area (Å²) in [6, 6.07) is 2.42. The van der Waals surface area contributed by atoms with Crippen LogP contribution in [-0.2, 0) is 10.0 Å². The van der Waals surface area contributed by atoms with E-state index < -0.39 is 14.9 Å². The molecule has 0 saturated heterocycles. The second kappa shape index (κ2) is 5.08. The number of hydrogen-bond donors (Lipinski definition) is 1. The van der Waals surface area contributed by atoms with Crippen molar-refractivity contribution in [3.8, 4) is 11.5 Å². The van der Waals surface area contributed by atoms with Crippen LogP contribution in [0.25, 0.3) is 0 Å². The third kappa shape index (κ3) is 3.23. The zero-order chi connectivity index (χ0) is 13.9. The lowest BCUT2D eigenvalue weighted by atomic mass is 10.2. The number of anilines is 1. The fourth-order valence-corrected chi connectivity index (χ4v) is 1.89. The Balaban J connectivity index is 3.39. The van der Waals surface area contributed by atoms with Gasteiger partial charge in [-0.05, 0) is 0 Å². The van der Waals surface area contributed by atoms with Crippen molar-refractivity contribution in [1.82, 2.24) is 0 Å². The van der Waals surface area contributed by atoms with Crippen LogP contribution >= 0.6 is 0 Å². The van der Waals surface area contributed by atoms with Crippen LogP contribution in [0.15, 0.2) is 12.1 Å². The molecule has 0 fully saturated rings. The highest BCUT2D eigenvalue weighted by Gasteiger charge is 2.23. The molecule has 0 aliphatic heterocycles. The van der Waals surface area contributed by atoms with E-state index in [-0.39, 0.29) is 22.9 Å². The molecule has 0 unspecified atom stereocenters. The number of nitro benzene ring substituents is 1. The minimum Gasteiger partial charge on any atom is -0.490 e. The molecule has 9 heteroatoms. The van der Waals surface area contributed by atoms with Crippen LogP contribution in [0.2, 0.25) is 0 Å². The van der Waals surface area contributed by atoms with Crippen molar-refractivity contribution in [3.05, 3.63) is 22.2 Å². The number of benzene rings is 1.